The molecule has 1 aromatic heterocycles. The standard InChI is InChI=1S/C18H19F2N3O/c1-11-5-2-3-7-13(11)23-14-8-4-6-12(14)16(21-23)18(24)22-10-9-15(22)17(19)20/h2-3,5,7,15,17H,4,6,8-10H2,1H3/t15-/m1/s1. The van der Waals surface area contributed by atoms with Crippen LogP contribution in [-0.4, -0.2) is 39.6 Å². The Balaban J connectivity index is 1.75. The number of aromatic nitrogens is 2. The second-order valence-corrected chi connectivity index (χ2v) is 6.51. The molecule has 1 saturated heterocycles. The minimum Gasteiger partial charge on any atom is -0.328 e. The maximum absolute atomic E-state index is 13.0. The minimum absolute atomic E-state index is 0.350. The Morgan fingerprint density at radius 3 is 2.75 bits per heavy atom. The third-order valence-corrected chi connectivity index (χ3v) is 5.09. The predicted molar refractivity (Wildman–Crippen MR) is 85.8 cm³/mol. The molecule has 1 aliphatic carbocycles. The van der Waals surface area contributed by atoms with E-state index in [1.54, 1.807) is 0 Å². The molecule has 0 radical (unpaired) electrons. The molecule has 4 nitrogen and oxygen atoms in total. The molecule has 0 saturated carbocycles. The number of para-hydroxylation sites is 1. The van der Waals surface area contributed by atoms with Crippen LogP contribution in [0.25, 0.3) is 5.69 Å². The molecule has 2 heterocycles. The van der Waals surface area contributed by atoms with E-state index in [1.165, 1.54) is 4.90 Å². The van der Waals surface area contributed by atoms with Gasteiger partial charge >= 0.3 is 0 Å². The molecule has 1 aromatic carbocycles. The molecule has 2 aliphatic rings. The number of hydrogen-bond donors (Lipinski definition) is 0. The van der Waals surface area contributed by atoms with E-state index in [0.29, 0.717) is 18.7 Å². The third kappa shape index (κ3) is 2.24. The van der Waals surface area contributed by atoms with Crippen LogP contribution in [-0.2, 0) is 12.8 Å². The van der Waals surface area contributed by atoms with E-state index in [0.717, 1.165) is 41.8 Å². The highest BCUT2D eigenvalue weighted by Crippen LogP contribution is 2.32. The Bertz CT molecular complexity index is 800. The zero-order valence-electron chi connectivity index (χ0n) is 13.5. The first-order valence-corrected chi connectivity index (χ1v) is 8.34. The van der Waals surface area contributed by atoms with Gasteiger partial charge in [0, 0.05) is 17.8 Å². The van der Waals surface area contributed by atoms with Crippen molar-refractivity contribution in [3.8, 4) is 5.69 Å². The van der Waals surface area contributed by atoms with Crippen LogP contribution in [0.4, 0.5) is 8.78 Å². The lowest BCUT2D eigenvalue weighted by Gasteiger charge is -2.39. The van der Waals surface area contributed by atoms with Gasteiger partial charge in [-0.1, -0.05) is 18.2 Å². The fourth-order valence-corrected chi connectivity index (χ4v) is 3.67. The number of rotatable bonds is 3. The maximum Gasteiger partial charge on any atom is 0.275 e. The lowest BCUT2D eigenvalue weighted by Crippen LogP contribution is -2.54. The van der Waals surface area contributed by atoms with Gasteiger partial charge in [-0.15, -0.1) is 0 Å². The number of likely N-dealkylation sites (tertiary alicyclic amines) is 1. The highest BCUT2D eigenvalue weighted by atomic mass is 19.3. The van der Waals surface area contributed by atoms with Crippen LogP contribution in [0.5, 0.6) is 0 Å². The van der Waals surface area contributed by atoms with E-state index in [2.05, 4.69) is 5.10 Å². The molecule has 126 valence electrons. The van der Waals surface area contributed by atoms with Crippen LogP contribution >= 0.6 is 0 Å². The molecule has 6 heteroatoms. The van der Waals surface area contributed by atoms with Gasteiger partial charge in [-0.2, -0.15) is 5.10 Å². The molecular formula is C18H19F2N3O. The van der Waals surface area contributed by atoms with E-state index in [1.807, 2.05) is 35.9 Å². The number of amides is 1. The minimum atomic E-state index is -2.49. The Labute approximate surface area is 139 Å². The van der Waals surface area contributed by atoms with Gasteiger partial charge in [0.1, 0.15) is 0 Å². The van der Waals surface area contributed by atoms with Crippen molar-refractivity contribution < 1.29 is 13.6 Å². The van der Waals surface area contributed by atoms with Gasteiger partial charge in [0.15, 0.2) is 5.69 Å². The van der Waals surface area contributed by atoms with Gasteiger partial charge in [0.05, 0.1) is 11.7 Å². The van der Waals surface area contributed by atoms with Gasteiger partial charge in [-0.25, -0.2) is 13.5 Å². The van der Waals surface area contributed by atoms with Crippen molar-refractivity contribution in [2.45, 2.75) is 45.1 Å². The van der Waals surface area contributed by atoms with E-state index in [-0.39, 0.29) is 5.91 Å². The van der Waals surface area contributed by atoms with Crippen LogP contribution in [0.15, 0.2) is 24.3 Å². The Morgan fingerprint density at radius 2 is 2.08 bits per heavy atom. The average Bonchev–Trinajstić information content (AvgIpc) is 3.08. The molecule has 0 unspecified atom stereocenters. The molecule has 1 amide bonds. The van der Waals surface area contributed by atoms with E-state index in [4.69, 9.17) is 0 Å². The zero-order chi connectivity index (χ0) is 16.8. The zero-order valence-corrected chi connectivity index (χ0v) is 13.5. The largest absolute Gasteiger partial charge is 0.328 e. The summed E-state index contributed by atoms with van der Waals surface area (Å²) in [6.07, 6.45) is 0.494. The quantitative estimate of drug-likeness (QED) is 0.866. The Hall–Kier alpha value is -2.24. The number of halogens is 2. The van der Waals surface area contributed by atoms with Gasteiger partial charge in [0.25, 0.3) is 12.3 Å². The smallest absolute Gasteiger partial charge is 0.275 e. The predicted octanol–water partition coefficient (Wildman–Crippen LogP) is 3.15. The monoisotopic (exact) mass is 331 g/mol. The normalized spacial score (nSPS) is 19.5. The van der Waals surface area contributed by atoms with Crippen molar-refractivity contribution in [3.05, 3.63) is 46.8 Å². The molecule has 1 aliphatic heterocycles. The summed E-state index contributed by atoms with van der Waals surface area (Å²) in [6, 6.07) is 6.91. The lowest BCUT2D eigenvalue weighted by atomic mass is 10.0. The molecular weight excluding hydrogens is 312 g/mol. The van der Waals surface area contributed by atoms with Gasteiger partial charge < -0.3 is 4.90 Å². The summed E-state index contributed by atoms with van der Waals surface area (Å²) in [5.41, 5.74) is 4.35. The molecule has 2 aromatic rings. The first-order valence-electron chi connectivity index (χ1n) is 8.34. The molecule has 1 fully saturated rings. The molecule has 1 atom stereocenters. The second-order valence-electron chi connectivity index (χ2n) is 6.51. The molecule has 0 spiro atoms. The van der Waals surface area contributed by atoms with Crippen molar-refractivity contribution in [3.63, 3.8) is 0 Å². The van der Waals surface area contributed by atoms with Crippen molar-refractivity contribution in [1.29, 1.82) is 0 Å². The number of aryl methyl sites for hydroxylation is 1. The number of nitrogens with zero attached hydrogens (tertiary/aromatic N) is 3. The molecule has 0 N–H and O–H groups in total. The fraction of sp³-hybridized carbons (Fsp3) is 0.444. The third-order valence-electron chi connectivity index (χ3n) is 5.09. The molecule has 0 bridgehead atoms. The number of benzene rings is 1. The lowest BCUT2D eigenvalue weighted by molar-refractivity contribution is -0.0223. The Kier molecular flexibility index (Phi) is 3.62. The summed E-state index contributed by atoms with van der Waals surface area (Å²) in [7, 11) is 0. The van der Waals surface area contributed by atoms with Crippen molar-refractivity contribution in [2.75, 3.05) is 6.54 Å². The summed E-state index contributed by atoms with van der Waals surface area (Å²) in [4.78, 5) is 14.0. The van der Waals surface area contributed by atoms with E-state index >= 15 is 0 Å². The Morgan fingerprint density at radius 1 is 1.29 bits per heavy atom. The van der Waals surface area contributed by atoms with Crippen molar-refractivity contribution >= 4 is 5.91 Å². The highest BCUT2D eigenvalue weighted by Gasteiger charge is 2.41. The van der Waals surface area contributed by atoms with E-state index < -0.39 is 12.5 Å². The van der Waals surface area contributed by atoms with Crippen molar-refractivity contribution in [2.24, 2.45) is 0 Å². The maximum atomic E-state index is 13.0. The molecule has 24 heavy (non-hydrogen) atoms. The number of hydrogen-bond acceptors (Lipinski definition) is 2. The van der Waals surface area contributed by atoms with Crippen molar-refractivity contribution in [1.82, 2.24) is 14.7 Å². The number of fused-ring (bicyclic) bond motifs is 1. The average molecular weight is 331 g/mol. The van der Waals surface area contributed by atoms with Crippen LogP contribution in [0.2, 0.25) is 0 Å². The van der Waals surface area contributed by atoms with Crippen LogP contribution < -0.4 is 0 Å². The topological polar surface area (TPSA) is 38.1 Å². The summed E-state index contributed by atoms with van der Waals surface area (Å²) in [5.74, 6) is -0.350. The van der Waals surface area contributed by atoms with Gasteiger partial charge in [-0.3, -0.25) is 4.79 Å². The summed E-state index contributed by atoms with van der Waals surface area (Å²) < 4.78 is 27.8. The van der Waals surface area contributed by atoms with Gasteiger partial charge in [0.2, 0.25) is 0 Å². The number of carbonyl (C=O) groups is 1. The number of alkyl halides is 2. The molecule has 4 rings (SSSR count). The fourth-order valence-electron chi connectivity index (χ4n) is 3.67. The number of carbonyl (C=O) groups excluding carboxylic acids is 1. The summed E-state index contributed by atoms with van der Waals surface area (Å²) in [6.45, 7) is 2.39. The van der Waals surface area contributed by atoms with Crippen LogP contribution in [0.1, 0.15) is 40.2 Å². The first kappa shape index (κ1) is 15.3. The summed E-state index contributed by atoms with van der Waals surface area (Å²) >= 11 is 0. The first-order chi connectivity index (χ1) is 11.6. The second kappa shape index (κ2) is 5.69. The van der Waals surface area contributed by atoms with Crippen LogP contribution in [0, 0.1) is 6.92 Å². The van der Waals surface area contributed by atoms with Gasteiger partial charge in [-0.05, 0) is 44.2 Å². The van der Waals surface area contributed by atoms with E-state index in [9.17, 15) is 13.6 Å². The summed E-state index contributed by atoms with van der Waals surface area (Å²) in [5, 5.41) is 4.54. The highest BCUT2D eigenvalue weighted by molar-refractivity contribution is 5.95. The SMILES string of the molecule is Cc1ccccc1-n1nc(C(=O)N2CC[C@@H]2C(F)F)c2c1CCC2. The van der Waals surface area contributed by atoms with Crippen LogP contribution in [0.3, 0.4) is 0 Å².